The van der Waals surface area contributed by atoms with Crippen molar-refractivity contribution in [3.63, 3.8) is 0 Å². The number of aliphatic hydroxyl groups is 1. The molecule has 2 unspecified atom stereocenters. The van der Waals surface area contributed by atoms with Gasteiger partial charge in [0.1, 0.15) is 24.6 Å². The van der Waals surface area contributed by atoms with Crippen LogP contribution < -0.4 is 10.5 Å². The fourth-order valence-corrected chi connectivity index (χ4v) is 2.73. The second-order valence-corrected chi connectivity index (χ2v) is 5.25. The van der Waals surface area contributed by atoms with Crippen molar-refractivity contribution >= 4 is 10.9 Å². The first-order valence-corrected chi connectivity index (χ1v) is 6.69. The smallest absolute Gasteiger partial charge is 0.127 e. The molecule has 0 fully saturated rings. The van der Waals surface area contributed by atoms with E-state index in [0.29, 0.717) is 6.54 Å². The maximum atomic E-state index is 10.1. The molecule has 3 rings (SSSR count). The molecular weight excluding hydrogens is 258 g/mol. The Morgan fingerprint density at radius 2 is 2.40 bits per heavy atom. The number of hydrogen-bond acceptors (Lipinski definition) is 5. The molecule has 0 aliphatic carbocycles. The normalized spacial score (nSPS) is 23.4. The number of ether oxygens (including phenoxy) is 2. The van der Waals surface area contributed by atoms with E-state index in [2.05, 4.69) is 5.10 Å². The summed E-state index contributed by atoms with van der Waals surface area (Å²) in [6, 6.07) is 3.85. The van der Waals surface area contributed by atoms with Crippen LogP contribution in [0.2, 0.25) is 0 Å². The second-order valence-electron chi connectivity index (χ2n) is 5.25. The van der Waals surface area contributed by atoms with Gasteiger partial charge in [-0.3, -0.25) is 4.68 Å². The maximum Gasteiger partial charge on any atom is 0.127 e. The van der Waals surface area contributed by atoms with E-state index >= 15 is 0 Å². The first-order valence-electron chi connectivity index (χ1n) is 6.69. The Bertz CT molecular complexity index is 623. The Labute approximate surface area is 117 Å². The van der Waals surface area contributed by atoms with E-state index < -0.39 is 12.2 Å². The van der Waals surface area contributed by atoms with E-state index in [1.54, 1.807) is 13.3 Å². The van der Waals surface area contributed by atoms with Gasteiger partial charge in [-0.05, 0) is 19.1 Å². The zero-order chi connectivity index (χ0) is 14.3. The molecule has 20 heavy (non-hydrogen) atoms. The molecule has 0 saturated carbocycles. The van der Waals surface area contributed by atoms with Crippen molar-refractivity contribution in [2.45, 2.75) is 31.7 Å². The fraction of sp³-hybridized carbons (Fsp3) is 0.500. The molecule has 108 valence electrons. The van der Waals surface area contributed by atoms with Crippen LogP contribution in [-0.4, -0.2) is 40.7 Å². The first-order chi connectivity index (χ1) is 9.61. The van der Waals surface area contributed by atoms with Crippen molar-refractivity contribution in [2.24, 2.45) is 5.73 Å². The van der Waals surface area contributed by atoms with Gasteiger partial charge in [0.2, 0.25) is 0 Å². The van der Waals surface area contributed by atoms with Crippen LogP contribution in [0.1, 0.15) is 18.6 Å². The highest BCUT2D eigenvalue weighted by Gasteiger charge is 2.32. The Balaban J connectivity index is 2.21. The number of nitrogens with zero attached hydrogens (tertiary/aromatic N) is 2. The number of rotatable bonds is 3. The average molecular weight is 277 g/mol. The van der Waals surface area contributed by atoms with Crippen LogP contribution in [0.4, 0.5) is 0 Å². The molecule has 0 bridgehead atoms. The molecule has 0 saturated heterocycles. The minimum atomic E-state index is -0.684. The van der Waals surface area contributed by atoms with Crippen molar-refractivity contribution in [1.29, 1.82) is 0 Å². The lowest BCUT2D eigenvalue weighted by Gasteiger charge is -2.30. The van der Waals surface area contributed by atoms with Gasteiger partial charge in [-0.25, -0.2) is 0 Å². The zero-order valence-corrected chi connectivity index (χ0v) is 11.6. The van der Waals surface area contributed by atoms with Crippen molar-refractivity contribution in [1.82, 2.24) is 9.78 Å². The van der Waals surface area contributed by atoms with Gasteiger partial charge in [0.25, 0.3) is 0 Å². The molecule has 1 aliphatic heterocycles. The van der Waals surface area contributed by atoms with Gasteiger partial charge < -0.3 is 20.3 Å². The molecule has 0 spiro atoms. The Kier molecular flexibility index (Phi) is 3.37. The first kappa shape index (κ1) is 13.4. The van der Waals surface area contributed by atoms with Crippen LogP contribution in [0.15, 0.2) is 18.3 Å². The second kappa shape index (κ2) is 5.05. The van der Waals surface area contributed by atoms with E-state index in [1.165, 1.54) is 0 Å². The van der Waals surface area contributed by atoms with Crippen LogP contribution in [0.25, 0.3) is 10.9 Å². The summed E-state index contributed by atoms with van der Waals surface area (Å²) in [4.78, 5) is 0. The van der Waals surface area contributed by atoms with Crippen LogP contribution >= 0.6 is 0 Å². The highest BCUT2D eigenvalue weighted by atomic mass is 16.5. The number of aromatic nitrogens is 2. The molecule has 1 aromatic carbocycles. The van der Waals surface area contributed by atoms with Crippen LogP contribution in [-0.2, 0) is 11.3 Å². The number of hydrogen-bond donors (Lipinski definition) is 2. The summed E-state index contributed by atoms with van der Waals surface area (Å²) >= 11 is 0. The molecule has 1 aliphatic rings. The highest BCUT2D eigenvalue weighted by molar-refractivity contribution is 5.85. The maximum absolute atomic E-state index is 10.1. The minimum absolute atomic E-state index is 0.00983. The van der Waals surface area contributed by atoms with Gasteiger partial charge in [-0.15, -0.1) is 0 Å². The molecule has 6 heteroatoms. The van der Waals surface area contributed by atoms with Crippen LogP contribution in [0.3, 0.4) is 0 Å². The molecule has 6 nitrogen and oxygen atoms in total. The Morgan fingerprint density at radius 1 is 1.60 bits per heavy atom. The molecule has 3 atom stereocenters. The Hall–Kier alpha value is -1.63. The van der Waals surface area contributed by atoms with Crippen molar-refractivity contribution < 1.29 is 14.6 Å². The van der Waals surface area contributed by atoms with Crippen molar-refractivity contribution in [3.8, 4) is 5.75 Å². The number of methoxy groups -OCH3 is 1. The lowest BCUT2D eigenvalue weighted by atomic mass is 9.98. The zero-order valence-electron chi connectivity index (χ0n) is 11.6. The third kappa shape index (κ3) is 2.06. The van der Waals surface area contributed by atoms with E-state index in [-0.39, 0.29) is 12.6 Å². The molecule has 2 aromatic rings. The molecular formula is C14H19N3O3. The van der Waals surface area contributed by atoms with Gasteiger partial charge in [0.05, 0.1) is 23.8 Å². The lowest BCUT2D eigenvalue weighted by molar-refractivity contribution is -0.0482. The Morgan fingerprint density at radius 3 is 3.10 bits per heavy atom. The van der Waals surface area contributed by atoms with E-state index in [4.69, 9.17) is 15.2 Å². The van der Waals surface area contributed by atoms with Gasteiger partial charge in [-0.2, -0.15) is 5.10 Å². The summed E-state index contributed by atoms with van der Waals surface area (Å²) in [5.41, 5.74) is 7.64. The quantitative estimate of drug-likeness (QED) is 0.868. The van der Waals surface area contributed by atoms with Crippen molar-refractivity contribution in [3.05, 3.63) is 23.9 Å². The predicted molar refractivity (Wildman–Crippen MR) is 74.6 cm³/mol. The van der Waals surface area contributed by atoms with Crippen LogP contribution in [0, 0.1) is 0 Å². The largest absolute Gasteiger partial charge is 0.490 e. The third-order valence-electron chi connectivity index (χ3n) is 3.56. The monoisotopic (exact) mass is 277 g/mol. The lowest BCUT2D eigenvalue weighted by Crippen LogP contribution is -2.32. The summed E-state index contributed by atoms with van der Waals surface area (Å²) in [7, 11) is 1.59. The molecule has 1 aromatic heterocycles. The summed E-state index contributed by atoms with van der Waals surface area (Å²) in [6.45, 7) is 2.77. The van der Waals surface area contributed by atoms with Crippen LogP contribution in [0.5, 0.6) is 5.75 Å². The molecule has 0 radical (unpaired) electrons. The fourth-order valence-electron chi connectivity index (χ4n) is 2.73. The van der Waals surface area contributed by atoms with Crippen molar-refractivity contribution in [2.75, 3.05) is 13.7 Å². The van der Waals surface area contributed by atoms with Gasteiger partial charge >= 0.3 is 0 Å². The van der Waals surface area contributed by atoms with Gasteiger partial charge in [0, 0.05) is 18.5 Å². The molecule has 0 amide bonds. The summed E-state index contributed by atoms with van der Waals surface area (Å²) in [5.74, 6) is 0.737. The average Bonchev–Trinajstić information content (AvgIpc) is 2.81. The summed E-state index contributed by atoms with van der Waals surface area (Å²) < 4.78 is 12.9. The van der Waals surface area contributed by atoms with E-state index in [0.717, 1.165) is 22.2 Å². The standard InChI is InChI=1S/C14H19N3O3/c1-8(15)6-17-13-9(5-16-17)3-4-11-12(13)14(19-2)10(18)7-20-11/h3-5,8,10,14,18H,6-7,15H2,1-2H3/t8-,10?,14?/m0/s1. The molecule has 3 N–H and O–H groups in total. The number of fused-ring (bicyclic) bond motifs is 3. The van der Waals surface area contributed by atoms with Gasteiger partial charge in [-0.1, -0.05) is 0 Å². The highest BCUT2D eigenvalue weighted by Crippen LogP contribution is 2.39. The minimum Gasteiger partial charge on any atom is -0.490 e. The SMILES string of the molecule is COC1c2c(ccc3cnn(C[C@H](C)N)c23)OCC1O. The number of aliphatic hydroxyl groups excluding tert-OH is 1. The summed E-state index contributed by atoms with van der Waals surface area (Å²) in [6.07, 6.45) is 0.703. The number of nitrogens with two attached hydrogens (primary N) is 1. The van der Waals surface area contributed by atoms with E-state index in [9.17, 15) is 5.11 Å². The predicted octanol–water partition coefficient (Wildman–Crippen LogP) is 0.824. The molecule has 2 heterocycles. The van der Waals surface area contributed by atoms with E-state index in [1.807, 2.05) is 23.7 Å². The van der Waals surface area contributed by atoms with Gasteiger partial charge in [0.15, 0.2) is 0 Å². The summed E-state index contributed by atoms with van der Waals surface area (Å²) in [5, 5.41) is 15.5. The number of benzene rings is 1. The topological polar surface area (TPSA) is 82.5 Å². The third-order valence-corrected chi connectivity index (χ3v) is 3.56.